The summed E-state index contributed by atoms with van der Waals surface area (Å²) in [5, 5.41) is 0. The minimum atomic E-state index is -0.246. The van der Waals surface area contributed by atoms with Gasteiger partial charge in [-0.2, -0.15) is 0 Å². The van der Waals surface area contributed by atoms with Gasteiger partial charge in [-0.15, -0.1) is 0 Å². The van der Waals surface area contributed by atoms with Crippen LogP contribution >= 0.6 is 0 Å². The van der Waals surface area contributed by atoms with Crippen LogP contribution in [0.4, 0.5) is 0 Å². The smallest absolute Gasteiger partial charge is 0.228 e. The van der Waals surface area contributed by atoms with Gasteiger partial charge >= 0.3 is 0 Å². The molecule has 2 amide bonds. The van der Waals surface area contributed by atoms with Gasteiger partial charge in [0.2, 0.25) is 11.8 Å². The third kappa shape index (κ3) is 4.17. The summed E-state index contributed by atoms with van der Waals surface area (Å²) >= 11 is 0. The Morgan fingerprint density at radius 1 is 1.07 bits per heavy atom. The summed E-state index contributed by atoms with van der Waals surface area (Å²) in [5.74, 6) is -0.143. The standard InChI is InChI=1S/C21H23N3O3/c25-20-9-18(12-23(20)11-17-7-4-8-22-10-17)21(26)24-13-19(14-24)27-15-16-5-2-1-3-6-16/h1-8,10,18-19H,9,11-15H2/t18-/m1/s1. The minimum absolute atomic E-state index is 0.0367. The molecule has 2 aromatic rings. The van der Waals surface area contributed by atoms with Gasteiger partial charge in [-0.05, 0) is 17.2 Å². The molecule has 6 nitrogen and oxygen atoms in total. The number of carbonyl (C=O) groups excluding carboxylic acids is 2. The minimum Gasteiger partial charge on any atom is -0.370 e. The van der Waals surface area contributed by atoms with E-state index in [0.29, 0.717) is 39.2 Å². The summed E-state index contributed by atoms with van der Waals surface area (Å²) in [6.07, 6.45) is 3.84. The van der Waals surface area contributed by atoms with Gasteiger partial charge in [-0.1, -0.05) is 36.4 Å². The fourth-order valence-electron chi connectivity index (χ4n) is 3.57. The van der Waals surface area contributed by atoms with Crippen LogP contribution in [0.3, 0.4) is 0 Å². The van der Waals surface area contributed by atoms with Crippen molar-refractivity contribution in [2.24, 2.45) is 5.92 Å². The van der Waals surface area contributed by atoms with Crippen molar-refractivity contribution >= 4 is 11.8 Å². The van der Waals surface area contributed by atoms with Gasteiger partial charge in [0.1, 0.15) is 0 Å². The number of hydrogen-bond donors (Lipinski definition) is 0. The predicted molar refractivity (Wildman–Crippen MR) is 99.4 cm³/mol. The van der Waals surface area contributed by atoms with Gasteiger partial charge < -0.3 is 14.5 Å². The number of rotatable bonds is 6. The summed E-state index contributed by atoms with van der Waals surface area (Å²) in [7, 11) is 0. The van der Waals surface area contributed by atoms with Gasteiger partial charge in [0, 0.05) is 45.0 Å². The molecule has 0 N–H and O–H groups in total. The number of hydrogen-bond acceptors (Lipinski definition) is 4. The summed E-state index contributed by atoms with van der Waals surface area (Å²) < 4.78 is 5.85. The second-order valence-electron chi connectivity index (χ2n) is 7.20. The maximum absolute atomic E-state index is 12.7. The average Bonchev–Trinajstić information content (AvgIpc) is 3.02. The van der Waals surface area contributed by atoms with Crippen LogP contribution in [-0.2, 0) is 27.5 Å². The van der Waals surface area contributed by atoms with Crippen molar-refractivity contribution in [2.45, 2.75) is 25.7 Å². The van der Waals surface area contributed by atoms with Crippen molar-refractivity contribution in [3.05, 3.63) is 66.0 Å². The molecule has 2 aliphatic heterocycles. The molecule has 0 saturated carbocycles. The van der Waals surface area contributed by atoms with E-state index in [9.17, 15) is 9.59 Å². The molecule has 1 aromatic carbocycles. The van der Waals surface area contributed by atoms with Crippen LogP contribution in [0.25, 0.3) is 0 Å². The number of nitrogens with zero attached hydrogens (tertiary/aromatic N) is 3. The lowest BCUT2D eigenvalue weighted by atomic mass is 10.0. The molecule has 2 fully saturated rings. The van der Waals surface area contributed by atoms with Crippen molar-refractivity contribution in [1.82, 2.24) is 14.8 Å². The Morgan fingerprint density at radius 3 is 2.59 bits per heavy atom. The molecular formula is C21H23N3O3. The zero-order valence-electron chi connectivity index (χ0n) is 15.2. The number of pyridine rings is 1. The average molecular weight is 365 g/mol. The molecule has 2 saturated heterocycles. The van der Waals surface area contributed by atoms with Crippen LogP contribution in [0.15, 0.2) is 54.9 Å². The molecule has 1 aromatic heterocycles. The third-order valence-corrected chi connectivity index (χ3v) is 5.15. The van der Waals surface area contributed by atoms with Crippen LogP contribution in [0.2, 0.25) is 0 Å². The molecule has 0 unspecified atom stereocenters. The largest absolute Gasteiger partial charge is 0.370 e. The number of benzene rings is 1. The van der Waals surface area contributed by atoms with E-state index >= 15 is 0 Å². The molecule has 0 bridgehead atoms. The van der Waals surface area contributed by atoms with Crippen LogP contribution in [0.5, 0.6) is 0 Å². The Bertz CT molecular complexity index is 791. The van der Waals surface area contributed by atoms with E-state index in [2.05, 4.69) is 4.98 Å². The third-order valence-electron chi connectivity index (χ3n) is 5.15. The quantitative estimate of drug-likeness (QED) is 0.784. The Kier molecular flexibility index (Phi) is 5.16. The van der Waals surface area contributed by atoms with Gasteiger partial charge in [0.05, 0.1) is 18.6 Å². The van der Waals surface area contributed by atoms with Crippen LogP contribution in [0, 0.1) is 5.92 Å². The maximum Gasteiger partial charge on any atom is 0.228 e. The van der Waals surface area contributed by atoms with Crippen molar-refractivity contribution in [1.29, 1.82) is 0 Å². The fourth-order valence-corrected chi connectivity index (χ4v) is 3.57. The molecule has 0 spiro atoms. The second kappa shape index (κ2) is 7.88. The van der Waals surface area contributed by atoms with Crippen LogP contribution in [-0.4, -0.2) is 52.3 Å². The monoisotopic (exact) mass is 365 g/mol. The number of amides is 2. The summed E-state index contributed by atoms with van der Waals surface area (Å²) in [5.41, 5.74) is 2.12. The maximum atomic E-state index is 12.7. The summed E-state index contributed by atoms with van der Waals surface area (Å²) in [6.45, 7) is 2.78. The Morgan fingerprint density at radius 2 is 1.85 bits per heavy atom. The molecule has 0 radical (unpaired) electrons. The van der Waals surface area contributed by atoms with Crippen LogP contribution < -0.4 is 0 Å². The second-order valence-corrected chi connectivity index (χ2v) is 7.20. The van der Waals surface area contributed by atoms with Gasteiger partial charge in [0.25, 0.3) is 0 Å². The van der Waals surface area contributed by atoms with Crippen molar-refractivity contribution < 1.29 is 14.3 Å². The van der Waals surface area contributed by atoms with E-state index < -0.39 is 0 Å². The number of carbonyl (C=O) groups is 2. The first-order valence-corrected chi connectivity index (χ1v) is 9.30. The van der Waals surface area contributed by atoms with Gasteiger partial charge in [0.15, 0.2) is 0 Å². The zero-order chi connectivity index (χ0) is 18.6. The molecule has 3 heterocycles. The lowest BCUT2D eigenvalue weighted by Gasteiger charge is -2.40. The van der Waals surface area contributed by atoms with Crippen molar-refractivity contribution in [3.8, 4) is 0 Å². The molecule has 4 rings (SSSR count). The lowest BCUT2D eigenvalue weighted by Crippen LogP contribution is -2.56. The molecule has 2 aliphatic rings. The normalized spacial score (nSPS) is 20.0. The van der Waals surface area contributed by atoms with E-state index in [-0.39, 0.29) is 23.8 Å². The Labute approximate surface area is 158 Å². The number of likely N-dealkylation sites (tertiary alicyclic amines) is 2. The van der Waals surface area contributed by atoms with Crippen molar-refractivity contribution in [3.63, 3.8) is 0 Å². The molecule has 27 heavy (non-hydrogen) atoms. The van der Waals surface area contributed by atoms with E-state index in [1.165, 1.54) is 0 Å². The zero-order valence-corrected chi connectivity index (χ0v) is 15.2. The van der Waals surface area contributed by atoms with E-state index in [1.54, 1.807) is 22.2 Å². The topological polar surface area (TPSA) is 62.7 Å². The molecule has 6 heteroatoms. The number of ether oxygens (including phenoxy) is 1. The van der Waals surface area contributed by atoms with Crippen LogP contribution in [0.1, 0.15) is 17.5 Å². The fraction of sp³-hybridized carbons (Fsp3) is 0.381. The summed E-state index contributed by atoms with van der Waals surface area (Å²) in [6, 6.07) is 13.8. The summed E-state index contributed by atoms with van der Waals surface area (Å²) in [4.78, 5) is 32.6. The highest BCUT2D eigenvalue weighted by Gasteiger charge is 2.40. The molecule has 140 valence electrons. The highest BCUT2D eigenvalue weighted by Crippen LogP contribution is 2.25. The molecular weight excluding hydrogens is 342 g/mol. The van der Waals surface area contributed by atoms with Gasteiger partial charge in [-0.3, -0.25) is 14.6 Å². The molecule has 1 atom stereocenters. The Balaban J connectivity index is 1.23. The highest BCUT2D eigenvalue weighted by molar-refractivity contribution is 5.89. The SMILES string of the molecule is O=C1C[C@@H](C(=O)N2CC(OCc3ccccc3)C2)CN1Cc1cccnc1. The van der Waals surface area contributed by atoms with Crippen molar-refractivity contribution in [2.75, 3.05) is 19.6 Å². The van der Waals surface area contributed by atoms with E-state index in [1.807, 2.05) is 42.5 Å². The Hall–Kier alpha value is -2.73. The first kappa shape index (κ1) is 17.7. The highest BCUT2D eigenvalue weighted by atomic mass is 16.5. The lowest BCUT2D eigenvalue weighted by molar-refractivity contribution is -0.150. The van der Waals surface area contributed by atoms with E-state index in [4.69, 9.17) is 4.74 Å². The van der Waals surface area contributed by atoms with E-state index in [0.717, 1.165) is 11.1 Å². The van der Waals surface area contributed by atoms with Gasteiger partial charge in [-0.25, -0.2) is 0 Å². The first-order valence-electron chi connectivity index (χ1n) is 9.30. The first-order chi connectivity index (χ1) is 13.2. The predicted octanol–water partition coefficient (Wildman–Crippen LogP) is 1.86. The molecule has 0 aliphatic carbocycles. The number of aromatic nitrogens is 1.